The Morgan fingerprint density at radius 3 is 2.38 bits per heavy atom. The van der Waals surface area contributed by atoms with Crippen LogP contribution < -0.4 is 5.32 Å². The van der Waals surface area contributed by atoms with E-state index in [2.05, 4.69) is 5.32 Å². The summed E-state index contributed by atoms with van der Waals surface area (Å²) in [6.45, 7) is 6.16. The van der Waals surface area contributed by atoms with Gasteiger partial charge in [-0.3, -0.25) is 0 Å². The summed E-state index contributed by atoms with van der Waals surface area (Å²) in [6, 6.07) is 0. The summed E-state index contributed by atoms with van der Waals surface area (Å²) < 4.78 is 5.13. The zero-order valence-corrected chi connectivity index (χ0v) is 10.2. The fourth-order valence-electron chi connectivity index (χ4n) is 0.943. The fourth-order valence-corrected chi connectivity index (χ4v) is 0.943. The molecule has 0 fully saturated rings. The SMILES string of the molecule is CN(CCCNC(=O)O)C(=O)OC(C)(C)C. The molecule has 0 saturated heterocycles. The Bertz CT molecular complexity index is 248. The van der Waals surface area contributed by atoms with E-state index in [1.54, 1.807) is 27.8 Å². The zero-order valence-electron chi connectivity index (χ0n) is 10.2. The molecule has 0 aliphatic rings. The molecule has 0 aromatic carbocycles. The molecule has 0 aromatic rings. The quantitative estimate of drug-likeness (QED) is 0.720. The van der Waals surface area contributed by atoms with Gasteiger partial charge in [-0.15, -0.1) is 0 Å². The Hall–Kier alpha value is -1.46. The summed E-state index contributed by atoms with van der Waals surface area (Å²) >= 11 is 0. The van der Waals surface area contributed by atoms with E-state index in [9.17, 15) is 9.59 Å². The van der Waals surface area contributed by atoms with E-state index in [1.165, 1.54) is 4.90 Å². The molecule has 6 heteroatoms. The second-order valence-electron chi connectivity index (χ2n) is 4.49. The molecule has 0 heterocycles. The number of carbonyl (C=O) groups is 2. The summed E-state index contributed by atoms with van der Waals surface area (Å²) in [5.74, 6) is 0. The third kappa shape index (κ3) is 7.90. The van der Waals surface area contributed by atoms with E-state index >= 15 is 0 Å². The van der Waals surface area contributed by atoms with Crippen LogP contribution in [0.4, 0.5) is 9.59 Å². The topological polar surface area (TPSA) is 78.9 Å². The van der Waals surface area contributed by atoms with Crippen LogP contribution in [0.1, 0.15) is 27.2 Å². The molecule has 0 rings (SSSR count). The number of ether oxygens (including phenoxy) is 1. The van der Waals surface area contributed by atoms with Gasteiger partial charge in [-0.25, -0.2) is 9.59 Å². The van der Waals surface area contributed by atoms with Crippen molar-refractivity contribution in [2.24, 2.45) is 0 Å². The predicted octanol–water partition coefficient (Wildman–Crippen LogP) is 1.51. The van der Waals surface area contributed by atoms with Crippen LogP contribution in [0.2, 0.25) is 0 Å². The highest BCUT2D eigenvalue weighted by Crippen LogP contribution is 2.08. The summed E-state index contributed by atoms with van der Waals surface area (Å²) in [7, 11) is 1.62. The van der Waals surface area contributed by atoms with E-state index in [0.717, 1.165) is 0 Å². The van der Waals surface area contributed by atoms with E-state index in [4.69, 9.17) is 9.84 Å². The van der Waals surface area contributed by atoms with Crippen molar-refractivity contribution in [3.63, 3.8) is 0 Å². The van der Waals surface area contributed by atoms with Crippen molar-refractivity contribution < 1.29 is 19.4 Å². The van der Waals surface area contributed by atoms with Crippen LogP contribution in [0.3, 0.4) is 0 Å². The van der Waals surface area contributed by atoms with Gasteiger partial charge in [0.05, 0.1) is 0 Å². The van der Waals surface area contributed by atoms with Crippen LogP contribution in [-0.2, 0) is 4.74 Å². The highest BCUT2D eigenvalue weighted by molar-refractivity contribution is 5.67. The number of nitrogens with one attached hydrogen (secondary N) is 1. The number of carbonyl (C=O) groups excluding carboxylic acids is 1. The number of amides is 2. The minimum atomic E-state index is -1.06. The molecule has 0 radical (unpaired) electrons. The molecule has 0 atom stereocenters. The zero-order chi connectivity index (χ0) is 12.8. The standard InChI is InChI=1S/C10H20N2O4/c1-10(2,3)16-9(15)12(4)7-5-6-11-8(13)14/h11H,5-7H2,1-4H3,(H,13,14). The van der Waals surface area contributed by atoms with Crippen LogP contribution >= 0.6 is 0 Å². The summed E-state index contributed by atoms with van der Waals surface area (Å²) in [4.78, 5) is 23.0. The summed E-state index contributed by atoms with van der Waals surface area (Å²) in [6.07, 6.45) is -0.898. The van der Waals surface area contributed by atoms with Crippen LogP contribution in [0.25, 0.3) is 0 Å². The normalized spacial score (nSPS) is 10.8. The second kappa shape index (κ2) is 6.19. The molecule has 2 amide bonds. The van der Waals surface area contributed by atoms with Crippen molar-refractivity contribution in [3.8, 4) is 0 Å². The average Bonchev–Trinajstić information content (AvgIpc) is 2.08. The molecule has 0 aliphatic heterocycles. The second-order valence-corrected chi connectivity index (χ2v) is 4.49. The van der Waals surface area contributed by atoms with Crippen molar-refractivity contribution in [3.05, 3.63) is 0 Å². The molecule has 6 nitrogen and oxygen atoms in total. The molecular formula is C10H20N2O4. The highest BCUT2D eigenvalue weighted by Gasteiger charge is 2.18. The number of hydrogen-bond donors (Lipinski definition) is 2. The largest absolute Gasteiger partial charge is 0.465 e. The van der Waals surface area contributed by atoms with Gasteiger partial charge in [0.2, 0.25) is 0 Å². The maximum absolute atomic E-state index is 11.5. The van der Waals surface area contributed by atoms with Gasteiger partial charge in [0.25, 0.3) is 0 Å². The highest BCUT2D eigenvalue weighted by atomic mass is 16.6. The smallest absolute Gasteiger partial charge is 0.410 e. The predicted molar refractivity (Wildman–Crippen MR) is 59.5 cm³/mol. The van der Waals surface area contributed by atoms with Gasteiger partial charge in [0.1, 0.15) is 5.60 Å². The van der Waals surface area contributed by atoms with E-state index in [0.29, 0.717) is 19.5 Å². The lowest BCUT2D eigenvalue weighted by Crippen LogP contribution is -2.35. The molecule has 0 aromatic heterocycles. The van der Waals surface area contributed by atoms with E-state index in [-0.39, 0.29) is 0 Å². The molecule has 0 bridgehead atoms. The minimum Gasteiger partial charge on any atom is -0.465 e. The summed E-state index contributed by atoms with van der Waals surface area (Å²) in [5.41, 5.74) is -0.509. The van der Waals surface area contributed by atoms with Gasteiger partial charge in [-0.1, -0.05) is 0 Å². The average molecular weight is 232 g/mol. The van der Waals surface area contributed by atoms with Gasteiger partial charge in [-0.2, -0.15) is 0 Å². The lowest BCUT2D eigenvalue weighted by Gasteiger charge is -2.24. The first kappa shape index (κ1) is 14.5. The van der Waals surface area contributed by atoms with E-state index < -0.39 is 17.8 Å². The Morgan fingerprint density at radius 1 is 1.38 bits per heavy atom. The lowest BCUT2D eigenvalue weighted by molar-refractivity contribution is 0.0297. The Labute approximate surface area is 95.6 Å². The van der Waals surface area contributed by atoms with Crippen molar-refractivity contribution in [1.29, 1.82) is 0 Å². The third-order valence-electron chi connectivity index (χ3n) is 1.65. The van der Waals surface area contributed by atoms with Crippen molar-refractivity contribution in [1.82, 2.24) is 10.2 Å². The van der Waals surface area contributed by atoms with Crippen molar-refractivity contribution >= 4 is 12.2 Å². The van der Waals surface area contributed by atoms with Gasteiger partial charge in [0.15, 0.2) is 0 Å². The first-order valence-electron chi connectivity index (χ1n) is 5.13. The van der Waals surface area contributed by atoms with Crippen LogP contribution in [-0.4, -0.2) is 47.9 Å². The Kier molecular flexibility index (Phi) is 5.63. The van der Waals surface area contributed by atoms with Gasteiger partial charge in [0, 0.05) is 20.1 Å². The first-order chi connectivity index (χ1) is 7.22. The number of carboxylic acid groups (broad SMARTS) is 1. The maximum Gasteiger partial charge on any atom is 0.410 e. The summed E-state index contributed by atoms with van der Waals surface area (Å²) in [5, 5.41) is 10.6. The number of hydrogen-bond acceptors (Lipinski definition) is 3. The molecule has 2 N–H and O–H groups in total. The monoisotopic (exact) mass is 232 g/mol. The first-order valence-corrected chi connectivity index (χ1v) is 5.13. The molecule has 0 spiro atoms. The molecule has 0 unspecified atom stereocenters. The molecule has 94 valence electrons. The van der Waals surface area contributed by atoms with Crippen LogP contribution in [0.5, 0.6) is 0 Å². The molecule has 16 heavy (non-hydrogen) atoms. The fraction of sp³-hybridized carbons (Fsp3) is 0.800. The molecule has 0 saturated carbocycles. The van der Waals surface area contributed by atoms with Crippen molar-refractivity contribution in [2.75, 3.05) is 20.1 Å². The van der Waals surface area contributed by atoms with Crippen molar-refractivity contribution in [2.45, 2.75) is 32.8 Å². The maximum atomic E-state index is 11.5. The number of rotatable bonds is 4. The van der Waals surface area contributed by atoms with Gasteiger partial charge in [-0.05, 0) is 27.2 Å². The molecule has 0 aliphatic carbocycles. The minimum absolute atomic E-state index is 0.322. The van der Waals surface area contributed by atoms with E-state index in [1.807, 2.05) is 0 Å². The number of nitrogens with zero attached hydrogens (tertiary/aromatic N) is 1. The third-order valence-corrected chi connectivity index (χ3v) is 1.65. The van der Waals surface area contributed by atoms with Crippen LogP contribution in [0.15, 0.2) is 0 Å². The Balaban J connectivity index is 3.76. The van der Waals surface area contributed by atoms with Gasteiger partial charge < -0.3 is 20.1 Å². The lowest BCUT2D eigenvalue weighted by atomic mass is 10.2. The van der Waals surface area contributed by atoms with Crippen LogP contribution in [0, 0.1) is 0 Å². The Morgan fingerprint density at radius 2 is 1.94 bits per heavy atom. The molecular weight excluding hydrogens is 212 g/mol. The van der Waals surface area contributed by atoms with Gasteiger partial charge >= 0.3 is 12.2 Å².